The summed E-state index contributed by atoms with van der Waals surface area (Å²) in [5.41, 5.74) is 3.27. The molecule has 1 N–H and O–H groups in total. The number of carbonyl (C=O) groups is 2. The van der Waals surface area contributed by atoms with Crippen molar-refractivity contribution in [3.63, 3.8) is 0 Å². The second-order valence-electron chi connectivity index (χ2n) is 8.31. The van der Waals surface area contributed by atoms with Crippen molar-refractivity contribution in [3.8, 4) is 5.75 Å². The van der Waals surface area contributed by atoms with Crippen LogP contribution in [0.2, 0.25) is 0 Å². The van der Waals surface area contributed by atoms with Gasteiger partial charge in [-0.15, -0.1) is 0 Å². The molecule has 1 aliphatic heterocycles. The molecule has 30 heavy (non-hydrogen) atoms. The molecule has 0 spiro atoms. The van der Waals surface area contributed by atoms with Crippen LogP contribution in [0.1, 0.15) is 73.7 Å². The van der Waals surface area contributed by atoms with E-state index in [1.54, 1.807) is 19.1 Å². The molecule has 1 aliphatic carbocycles. The number of nitro groups is 1. The van der Waals surface area contributed by atoms with Crippen LogP contribution in [0, 0.1) is 23.0 Å². The van der Waals surface area contributed by atoms with Gasteiger partial charge in [-0.25, -0.2) is 5.01 Å². The first kappa shape index (κ1) is 22.2. The van der Waals surface area contributed by atoms with Crippen LogP contribution in [0.5, 0.6) is 5.75 Å². The monoisotopic (exact) mass is 417 g/mol. The number of unbranched alkanes of at least 4 members (excludes halogenated alkanes) is 1. The molecular weight excluding hydrogens is 386 g/mol. The van der Waals surface area contributed by atoms with E-state index in [1.807, 2.05) is 0 Å². The Morgan fingerprint density at radius 2 is 2.03 bits per heavy atom. The van der Waals surface area contributed by atoms with Crippen LogP contribution < -0.4 is 10.2 Å². The van der Waals surface area contributed by atoms with Gasteiger partial charge in [0.25, 0.3) is 5.69 Å². The summed E-state index contributed by atoms with van der Waals surface area (Å²) in [6.45, 7) is 2.81. The number of fused-ring (bicyclic) bond motifs is 1. The Labute approximate surface area is 177 Å². The summed E-state index contributed by atoms with van der Waals surface area (Å²) in [6, 6.07) is 3.64. The normalized spacial score (nSPS) is 21.5. The number of benzene rings is 1. The Balaban J connectivity index is 1.42. The van der Waals surface area contributed by atoms with Crippen LogP contribution in [0.25, 0.3) is 0 Å². The van der Waals surface area contributed by atoms with Crippen LogP contribution in [0.3, 0.4) is 0 Å². The molecule has 2 fully saturated rings. The number of ether oxygens (including phenoxy) is 1. The number of hydrogen-bond donors (Lipinski definition) is 1. The average Bonchev–Trinajstić information content (AvgIpc) is 2.74. The lowest BCUT2D eigenvalue weighted by Crippen LogP contribution is -2.55. The number of rotatable bonds is 9. The van der Waals surface area contributed by atoms with Gasteiger partial charge in [-0.3, -0.25) is 25.1 Å². The van der Waals surface area contributed by atoms with Crippen molar-refractivity contribution in [2.75, 3.05) is 13.2 Å². The standard InChI is InChI=1S/C22H31N3O5/c1-16-11-12-20(18(15-26)22(16)25(28)29)30-14-5-4-10-21(27)23-24-13-6-8-17-7-2-3-9-19(17)24/h11-12,15,17,19H,2-10,13-14H2,1H3,(H,23,27). The average molecular weight is 418 g/mol. The minimum Gasteiger partial charge on any atom is -0.493 e. The lowest BCUT2D eigenvalue weighted by molar-refractivity contribution is -0.385. The highest BCUT2D eigenvalue weighted by molar-refractivity contribution is 5.86. The Morgan fingerprint density at radius 1 is 1.27 bits per heavy atom. The Hall–Kier alpha value is -2.48. The van der Waals surface area contributed by atoms with Crippen molar-refractivity contribution < 1.29 is 19.2 Å². The quantitative estimate of drug-likeness (QED) is 0.282. The van der Waals surface area contributed by atoms with Crippen molar-refractivity contribution in [2.24, 2.45) is 5.92 Å². The zero-order valence-corrected chi connectivity index (χ0v) is 17.6. The molecule has 8 heteroatoms. The molecule has 1 heterocycles. The molecule has 164 valence electrons. The van der Waals surface area contributed by atoms with Crippen LogP contribution in [0.4, 0.5) is 5.69 Å². The Kier molecular flexibility index (Phi) is 7.79. The first-order valence-corrected chi connectivity index (χ1v) is 10.9. The second kappa shape index (κ2) is 10.5. The smallest absolute Gasteiger partial charge is 0.286 e. The highest BCUT2D eigenvalue weighted by Crippen LogP contribution is 2.34. The fourth-order valence-corrected chi connectivity index (χ4v) is 4.73. The zero-order chi connectivity index (χ0) is 21.5. The lowest BCUT2D eigenvalue weighted by atomic mass is 9.79. The van der Waals surface area contributed by atoms with Crippen LogP contribution in [0.15, 0.2) is 12.1 Å². The molecule has 1 saturated carbocycles. The predicted molar refractivity (Wildman–Crippen MR) is 112 cm³/mol. The number of nitrogens with zero attached hydrogens (tertiary/aromatic N) is 2. The number of hydrazine groups is 1. The summed E-state index contributed by atoms with van der Waals surface area (Å²) < 4.78 is 5.60. The van der Waals surface area contributed by atoms with Crippen LogP contribution >= 0.6 is 0 Å². The largest absolute Gasteiger partial charge is 0.493 e. The van der Waals surface area contributed by atoms with Crippen LogP contribution in [-0.2, 0) is 4.79 Å². The number of carbonyl (C=O) groups excluding carboxylic acids is 2. The van der Waals surface area contributed by atoms with E-state index in [9.17, 15) is 19.7 Å². The van der Waals surface area contributed by atoms with Crippen molar-refractivity contribution >= 4 is 17.9 Å². The van der Waals surface area contributed by atoms with E-state index in [4.69, 9.17) is 4.74 Å². The van der Waals surface area contributed by atoms with E-state index in [0.717, 1.165) is 13.0 Å². The third kappa shape index (κ3) is 5.36. The number of nitro benzene ring substituents is 1. The van der Waals surface area contributed by atoms with Crippen molar-refractivity contribution in [1.82, 2.24) is 10.4 Å². The fourth-order valence-electron chi connectivity index (χ4n) is 4.73. The van der Waals surface area contributed by atoms with Crippen molar-refractivity contribution in [2.45, 2.75) is 70.8 Å². The minimum absolute atomic E-state index is 0.0285. The van der Waals surface area contributed by atoms with Gasteiger partial charge in [0.2, 0.25) is 5.91 Å². The molecule has 1 amide bonds. The van der Waals surface area contributed by atoms with Gasteiger partial charge in [0.1, 0.15) is 11.3 Å². The summed E-state index contributed by atoms with van der Waals surface area (Å²) in [4.78, 5) is 34.3. The molecule has 1 saturated heterocycles. The van der Waals surface area contributed by atoms with Crippen molar-refractivity contribution in [3.05, 3.63) is 33.4 Å². The Bertz CT molecular complexity index is 780. The lowest BCUT2D eigenvalue weighted by Gasteiger charge is -2.43. The summed E-state index contributed by atoms with van der Waals surface area (Å²) >= 11 is 0. The van der Waals surface area contributed by atoms with E-state index < -0.39 is 4.92 Å². The van der Waals surface area contributed by atoms with Gasteiger partial charge < -0.3 is 4.74 Å². The maximum atomic E-state index is 12.4. The van der Waals surface area contributed by atoms with Gasteiger partial charge in [0.05, 0.1) is 11.5 Å². The number of piperidine rings is 1. The number of aryl methyl sites for hydroxylation is 1. The van der Waals surface area contributed by atoms with Crippen LogP contribution in [-0.4, -0.2) is 41.3 Å². The molecule has 1 aromatic carbocycles. The van der Waals surface area contributed by atoms with Gasteiger partial charge in [0, 0.05) is 24.6 Å². The molecular formula is C22H31N3O5. The maximum absolute atomic E-state index is 12.4. The Morgan fingerprint density at radius 3 is 2.80 bits per heavy atom. The van der Waals surface area contributed by atoms with Gasteiger partial charge >= 0.3 is 0 Å². The first-order chi connectivity index (χ1) is 14.5. The topological polar surface area (TPSA) is 102 Å². The first-order valence-electron chi connectivity index (χ1n) is 10.9. The highest BCUT2D eigenvalue weighted by Gasteiger charge is 2.33. The van der Waals surface area contributed by atoms with Crippen molar-refractivity contribution in [1.29, 1.82) is 0 Å². The molecule has 2 aliphatic rings. The van der Waals surface area contributed by atoms with E-state index >= 15 is 0 Å². The SMILES string of the molecule is Cc1ccc(OCCCCC(=O)NN2CCCC3CCCCC32)c(C=O)c1[N+](=O)[O-]. The fraction of sp³-hybridized carbons (Fsp3) is 0.636. The minimum atomic E-state index is -0.562. The summed E-state index contributed by atoms with van der Waals surface area (Å²) in [5, 5.41) is 13.4. The third-order valence-corrected chi connectivity index (χ3v) is 6.25. The van der Waals surface area contributed by atoms with E-state index in [2.05, 4.69) is 10.4 Å². The summed E-state index contributed by atoms with van der Waals surface area (Å²) in [5.74, 6) is 0.955. The van der Waals surface area contributed by atoms with Gasteiger partial charge in [0.15, 0.2) is 6.29 Å². The van der Waals surface area contributed by atoms with E-state index in [0.29, 0.717) is 49.7 Å². The molecule has 2 atom stereocenters. The number of hydrogen-bond acceptors (Lipinski definition) is 6. The molecule has 2 unspecified atom stereocenters. The highest BCUT2D eigenvalue weighted by atomic mass is 16.6. The number of amides is 1. The maximum Gasteiger partial charge on any atom is 0.286 e. The third-order valence-electron chi connectivity index (χ3n) is 6.25. The number of nitrogens with one attached hydrogen (secondary N) is 1. The second-order valence-corrected chi connectivity index (χ2v) is 8.31. The van der Waals surface area contributed by atoms with Gasteiger partial charge in [-0.05, 0) is 63.5 Å². The predicted octanol–water partition coefficient (Wildman–Crippen LogP) is 3.95. The zero-order valence-electron chi connectivity index (χ0n) is 17.6. The molecule has 0 radical (unpaired) electrons. The summed E-state index contributed by atoms with van der Waals surface area (Å²) in [6.07, 6.45) is 9.54. The molecule has 8 nitrogen and oxygen atoms in total. The molecule has 1 aromatic rings. The summed E-state index contributed by atoms with van der Waals surface area (Å²) in [7, 11) is 0. The number of aldehydes is 1. The van der Waals surface area contributed by atoms with Gasteiger partial charge in [-0.2, -0.15) is 0 Å². The molecule has 3 rings (SSSR count). The molecule has 0 aromatic heterocycles. The van der Waals surface area contributed by atoms with E-state index in [1.165, 1.54) is 32.1 Å². The van der Waals surface area contributed by atoms with E-state index in [-0.39, 0.29) is 22.9 Å². The molecule has 0 bridgehead atoms. The van der Waals surface area contributed by atoms with Gasteiger partial charge in [-0.1, -0.05) is 12.8 Å².